The second-order valence-corrected chi connectivity index (χ2v) is 3.08. The third kappa shape index (κ3) is 1.21. The lowest BCUT2D eigenvalue weighted by atomic mass is 10.3. The number of carbonyl (C=O) groups excluding carboxylic acids is 1. The Labute approximate surface area is 77.5 Å². The van der Waals surface area contributed by atoms with Crippen LogP contribution in [0.4, 0.5) is 0 Å². The highest BCUT2D eigenvalue weighted by Crippen LogP contribution is 2.23. The number of amides is 1. The van der Waals surface area contributed by atoms with Gasteiger partial charge in [0.05, 0.1) is 10.0 Å². The monoisotopic (exact) mass is 227 g/mol. The number of aromatic amines is 1. The van der Waals surface area contributed by atoms with Crippen LogP contribution in [0.2, 0.25) is 0 Å². The highest BCUT2D eigenvalue weighted by Gasteiger charge is 2.15. The largest absolute Gasteiger partial charge is 0.364 e. The number of rotatable bonds is 1. The molecule has 1 amide bonds. The summed E-state index contributed by atoms with van der Waals surface area (Å²) in [5, 5.41) is 8.64. The maximum Gasteiger partial charge on any atom is 0.266 e. The minimum absolute atomic E-state index is 0.240. The third-order valence-electron chi connectivity index (χ3n) is 1.48. The van der Waals surface area contributed by atoms with Crippen LogP contribution in [0.5, 0.6) is 0 Å². The van der Waals surface area contributed by atoms with Crippen LogP contribution in [-0.4, -0.2) is 10.9 Å². The topological polar surface area (TPSA) is 82.7 Å². The van der Waals surface area contributed by atoms with E-state index in [4.69, 9.17) is 11.0 Å². The molecule has 0 fully saturated rings. The van der Waals surface area contributed by atoms with Crippen molar-refractivity contribution in [3.05, 3.63) is 21.4 Å². The number of hydrogen-bond acceptors (Lipinski definition) is 2. The Morgan fingerprint density at radius 1 is 1.75 bits per heavy atom. The molecule has 0 unspecified atom stereocenters. The minimum atomic E-state index is -0.577. The van der Waals surface area contributed by atoms with Gasteiger partial charge in [-0.2, -0.15) is 5.26 Å². The summed E-state index contributed by atoms with van der Waals surface area (Å²) in [5.74, 6) is -0.577. The van der Waals surface area contributed by atoms with Gasteiger partial charge in [-0.1, -0.05) is 0 Å². The second kappa shape index (κ2) is 2.99. The van der Waals surface area contributed by atoms with Crippen molar-refractivity contribution in [2.45, 2.75) is 6.92 Å². The Bertz CT molecular complexity index is 375. The Balaban J connectivity index is 3.39. The van der Waals surface area contributed by atoms with E-state index in [9.17, 15) is 4.79 Å². The Kier molecular flexibility index (Phi) is 2.20. The summed E-state index contributed by atoms with van der Waals surface area (Å²) in [6, 6.07) is 1.95. The minimum Gasteiger partial charge on any atom is -0.364 e. The van der Waals surface area contributed by atoms with E-state index >= 15 is 0 Å². The zero-order chi connectivity index (χ0) is 9.30. The van der Waals surface area contributed by atoms with Crippen molar-refractivity contribution < 1.29 is 4.79 Å². The number of hydrogen-bond donors (Lipinski definition) is 2. The first kappa shape index (κ1) is 8.81. The molecule has 0 aliphatic heterocycles. The maximum atomic E-state index is 10.8. The van der Waals surface area contributed by atoms with Crippen molar-refractivity contribution in [1.82, 2.24) is 4.98 Å². The molecule has 62 valence electrons. The predicted molar refractivity (Wildman–Crippen MR) is 46.5 cm³/mol. The van der Waals surface area contributed by atoms with Gasteiger partial charge in [0.25, 0.3) is 5.91 Å². The molecule has 0 saturated carbocycles. The number of nitriles is 1. The van der Waals surface area contributed by atoms with Crippen LogP contribution in [0.1, 0.15) is 21.7 Å². The smallest absolute Gasteiger partial charge is 0.266 e. The normalized spacial score (nSPS) is 9.42. The van der Waals surface area contributed by atoms with Crippen LogP contribution in [0.3, 0.4) is 0 Å². The lowest BCUT2D eigenvalue weighted by molar-refractivity contribution is 0.0995. The first-order valence-corrected chi connectivity index (χ1v) is 3.95. The summed E-state index contributed by atoms with van der Waals surface area (Å²) in [4.78, 5) is 13.5. The fourth-order valence-electron chi connectivity index (χ4n) is 0.897. The molecule has 0 aliphatic carbocycles. The van der Waals surface area contributed by atoms with Gasteiger partial charge in [0, 0.05) is 5.69 Å². The first-order valence-electron chi connectivity index (χ1n) is 3.16. The van der Waals surface area contributed by atoms with E-state index in [1.54, 1.807) is 6.92 Å². The number of halogens is 1. The third-order valence-corrected chi connectivity index (χ3v) is 2.28. The fraction of sp³-hybridized carbons (Fsp3) is 0.143. The summed E-state index contributed by atoms with van der Waals surface area (Å²) in [6.45, 7) is 1.70. The van der Waals surface area contributed by atoms with Crippen LogP contribution in [0.15, 0.2) is 4.47 Å². The van der Waals surface area contributed by atoms with Crippen molar-refractivity contribution in [2.24, 2.45) is 5.73 Å². The average Bonchev–Trinajstić information content (AvgIpc) is 2.27. The molecule has 4 nitrogen and oxygen atoms in total. The summed E-state index contributed by atoms with van der Waals surface area (Å²) in [7, 11) is 0. The number of aromatic nitrogens is 1. The zero-order valence-electron chi connectivity index (χ0n) is 6.31. The van der Waals surface area contributed by atoms with Crippen molar-refractivity contribution in [3.63, 3.8) is 0 Å². The number of aryl methyl sites for hydroxylation is 1. The Morgan fingerprint density at radius 3 is 2.58 bits per heavy atom. The lowest BCUT2D eigenvalue weighted by Gasteiger charge is -1.88. The highest BCUT2D eigenvalue weighted by molar-refractivity contribution is 9.10. The lowest BCUT2D eigenvalue weighted by Crippen LogP contribution is -2.11. The van der Waals surface area contributed by atoms with Gasteiger partial charge in [0.2, 0.25) is 0 Å². The molecule has 0 bridgehead atoms. The van der Waals surface area contributed by atoms with Crippen LogP contribution in [-0.2, 0) is 0 Å². The molecule has 5 heteroatoms. The van der Waals surface area contributed by atoms with Crippen LogP contribution in [0, 0.1) is 18.3 Å². The summed E-state index contributed by atoms with van der Waals surface area (Å²) < 4.78 is 0.440. The van der Waals surface area contributed by atoms with Gasteiger partial charge in [-0.15, -0.1) is 0 Å². The number of carbonyl (C=O) groups is 1. The van der Waals surface area contributed by atoms with E-state index in [0.717, 1.165) is 0 Å². The molecule has 0 aliphatic rings. The van der Waals surface area contributed by atoms with Crippen molar-refractivity contribution >= 4 is 21.8 Å². The summed E-state index contributed by atoms with van der Waals surface area (Å²) >= 11 is 3.11. The van der Waals surface area contributed by atoms with Gasteiger partial charge >= 0.3 is 0 Å². The van der Waals surface area contributed by atoms with Crippen molar-refractivity contribution in [1.29, 1.82) is 5.26 Å². The summed E-state index contributed by atoms with van der Waals surface area (Å²) in [6.07, 6.45) is 0. The second-order valence-electron chi connectivity index (χ2n) is 2.29. The van der Waals surface area contributed by atoms with Gasteiger partial charge in [-0.05, 0) is 22.9 Å². The van der Waals surface area contributed by atoms with Crippen molar-refractivity contribution in [3.8, 4) is 6.07 Å². The Morgan fingerprint density at radius 2 is 2.33 bits per heavy atom. The molecule has 1 aromatic rings. The van der Waals surface area contributed by atoms with Crippen molar-refractivity contribution in [2.75, 3.05) is 0 Å². The van der Waals surface area contributed by atoms with Gasteiger partial charge in [-0.3, -0.25) is 4.79 Å². The average molecular weight is 228 g/mol. The number of nitrogens with zero attached hydrogens (tertiary/aromatic N) is 1. The van der Waals surface area contributed by atoms with Gasteiger partial charge in [0.15, 0.2) is 0 Å². The van der Waals surface area contributed by atoms with E-state index in [1.165, 1.54) is 0 Å². The van der Waals surface area contributed by atoms with Gasteiger partial charge in [0.1, 0.15) is 11.8 Å². The van der Waals surface area contributed by atoms with E-state index in [1.807, 2.05) is 6.07 Å². The molecule has 0 aromatic carbocycles. The molecular weight excluding hydrogens is 222 g/mol. The van der Waals surface area contributed by atoms with Gasteiger partial charge in [-0.25, -0.2) is 0 Å². The first-order chi connectivity index (χ1) is 5.57. The number of H-pyrrole nitrogens is 1. The van der Waals surface area contributed by atoms with Crippen LogP contribution in [0.25, 0.3) is 0 Å². The molecule has 12 heavy (non-hydrogen) atoms. The standard InChI is InChI=1S/C7H6BrN3O/c1-3-4(2-9)5(8)6(11-3)7(10)12/h11H,1H3,(H2,10,12). The predicted octanol–water partition coefficient (Wildman–Crippen LogP) is 1.06. The summed E-state index contributed by atoms with van der Waals surface area (Å²) in [5.41, 5.74) is 6.34. The molecular formula is C7H6BrN3O. The number of nitrogens with one attached hydrogen (secondary N) is 1. The molecule has 1 aromatic heterocycles. The SMILES string of the molecule is Cc1[nH]c(C(N)=O)c(Br)c1C#N. The maximum absolute atomic E-state index is 10.8. The number of nitrogens with two attached hydrogens (primary N) is 1. The molecule has 1 rings (SSSR count). The van der Waals surface area contributed by atoms with E-state index in [2.05, 4.69) is 20.9 Å². The van der Waals surface area contributed by atoms with E-state index in [0.29, 0.717) is 15.7 Å². The molecule has 0 atom stereocenters. The Hall–Kier alpha value is -1.28. The molecule has 0 spiro atoms. The molecule has 0 radical (unpaired) electrons. The van der Waals surface area contributed by atoms with Crippen LogP contribution >= 0.6 is 15.9 Å². The number of primary amides is 1. The highest BCUT2D eigenvalue weighted by atomic mass is 79.9. The molecule has 0 saturated heterocycles. The fourth-order valence-corrected chi connectivity index (χ4v) is 1.58. The molecule has 3 N–H and O–H groups in total. The zero-order valence-corrected chi connectivity index (χ0v) is 7.90. The quantitative estimate of drug-likeness (QED) is 0.753. The van der Waals surface area contributed by atoms with E-state index < -0.39 is 5.91 Å². The van der Waals surface area contributed by atoms with Crippen LogP contribution < -0.4 is 5.73 Å². The van der Waals surface area contributed by atoms with E-state index in [-0.39, 0.29) is 5.69 Å². The van der Waals surface area contributed by atoms with Gasteiger partial charge < -0.3 is 10.7 Å². The molecule has 1 heterocycles.